The molecular formula is C22H21ClFN3OS. The maximum absolute atomic E-state index is 13.5. The number of halogens is 2. The number of benzene rings is 2. The summed E-state index contributed by atoms with van der Waals surface area (Å²) >= 11 is 12.0. The van der Waals surface area contributed by atoms with E-state index < -0.39 is 5.66 Å². The van der Waals surface area contributed by atoms with Crippen molar-refractivity contribution in [2.45, 2.75) is 25.4 Å². The Labute approximate surface area is 180 Å². The molecule has 0 bridgehead atoms. The second-order valence-corrected chi connectivity index (χ2v) is 8.10. The normalized spacial score (nSPS) is 18.9. The Bertz CT molecular complexity index is 984. The zero-order valence-corrected chi connectivity index (χ0v) is 17.6. The van der Waals surface area contributed by atoms with Crippen LogP contribution in [-0.2, 0) is 0 Å². The molecule has 0 radical (unpaired) electrons. The smallest absolute Gasteiger partial charge is 0.262 e. The lowest BCUT2D eigenvalue weighted by Crippen LogP contribution is -2.55. The summed E-state index contributed by atoms with van der Waals surface area (Å²) in [4.78, 5) is 22.8. The monoisotopic (exact) mass is 429 g/mol. The molecule has 2 aromatic rings. The first-order chi connectivity index (χ1) is 13.9. The molecule has 150 valence electrons. The lowest BCUT2D eigenvalue weighted by Gasteiger charge is -2.42. The van der Waals surface area contributed by atoms with E-state index in [2.05, 4.69) is 11.8 Å². The van der Waals surface area contributed by atoms with Gasteiger partial charge in [-0.1, -0.05) is 42.9 Å². The Kier molecular flexibility index (Phi) is 5.51. The molecule has 0 atom stereocenters. The van der Waals surface area contributed by atoms with E-state index in [-0.39, 0.29) is 11.7 Å². The minimum absolute atomic E-state index is 0.244. The summed E-state index contributed by atoms with van der Waals surface area (Å²) in [5.74, 6) is -0.570. The van der Waals surface area contributed by atoms with E-state index in [0.29, 0.717) is 39.7 Å². The number of hydrogen-bond acceptors (Lipinski definition) is 4. The SMILES string of the molecule is CCN1CCC2(CC1)N=C(c1ccc(F)cc1)C(=S)N2C(=O)c1ccccc1Cl. The van der Waals surface area contributed by atoms with Crippen LogP contribution in [0.5, 0.6) is 0 Å². The third-order valence-electron chi connectivity index (χ3n) is 5.67. The van der Waals surface area contributed by atoms with Crippen molar-refractivity contribution in [3.05, 3.63) is 70.5 Å². The predicted molar refractivity (Wildman–Crippen MR) is 117 cm³/mol. The molecule has 4 nitrogen and oxygen atoms in total. The van der Waals surface area contributed by atoms with Crippen molar-refractivity contribution in [1.29, 1.82) is 0 Å². The second kappa shape index (κ2) is 7.94. The van der Waals surface area contributed by atoms with E-state index in [1.165, 1.54) is 12.1 Å². The summed E-state index contributed by atoms with van der Waals surface area (Å²) in [6.45, 7) is 4.72. The topological polar surface area (TPSA) is 35.9 Å². The number of carbonyl (C=O) groups is 1. The maximum atomic E-state index is 13.5. The largest absolute Gasteiger partial charge is 0.303 e. The van der Waals surface area contributed by atoms with E-state index in [0.717, 1.165) is 19.6 Å². The van der Waals surface area contributed by atoms with Gasteiger partial charge in [-0.3, -0.25) is 14.7 Å². The zero-order chi connectivity index (χ0) is 20.6. The molecule has 0 saturated carbocycles. The van der Waals surface area contributed by atoms with Crippen molar-refractivity contribution in [2.75, 3.05) is 19.6 Å². The van der Waals surface area contributed by atoms with Gasteiger partial charge < -0.3 is 4.90 Å². The van der Waals surface area contributed by atoms with Gasteiger partial charge in [0, 0.05) is 31.5 Å². The molecule has 1 fully saturated rings. The average molecular weight is 430 g/mol. The van der Waals surface area contributed by atoms with Gasteiger partial charge >= 0.3 is 0 Å². The van der Waals surface area contributed by atoms with Crippen molar-refractivity contribution < 1.29 is 9.18 Å². The van der Waals surface area contributed by atoms with Gasteiger partial charge in [0.1, 0.15) is 22.2 Å². The highest BCUT2D eigenvalue weighted by Crippen LogP contribution is 2.38. The molecule has 2 aliphatic rings. The Hall–Kier alpha value is -2.15. The minimum atomic E-state index is -0.733. The van der Waals surface area contributed by atoms with E-state index in [9.17, 15) is 9.18 Å². The first-order valence-corrected chi connectivity index (χ1v) is 10.5. The number of aliphatic imine (C=N–C) groups is 1. The molecular weight excluding hydrogens is 409 g/mol. The molecule has 7 heteroatoms. The lowest BCUT2D eigenvalue weighted by molar-refractivity contribution is 0.0545. The van der Waals surface area contributed by atoms with Crippen LogP contribution in [0.1, 0.15) is 35.7 Å². The van der Waals surface area contributed by atoms with Gasteiger partial charge in [0.15, 0.2) is 0 Å². The fourth-order valence-electron chi connectivity index (χ4n) is 4.00. The summed E-state index contributed by atoms with van der Waals surface area (Å²) in [5.41, 5.74) is 0.945. The lowest BCUT2D eigenvalue weighted by atomic mass is 9.95. The summed E-state index contributed by atoms with van der Waals surface area (Å²) in [6.07, 6.45) is 1.36. The quantitative estimate of drug-likeness (QED) is 0.671. The zero-order valence-electron chi connectivity index (χ0n) is 16.1. The fraction of sp³-hybridized carbons (Fsp3) is 0.318. The number of hydrogen-bond donors (Lipinski definition) is 0. The molecule has 1 amide bonds. The number of thiocarbonyl (C=S) groups is 1. The van der Waals surface area contributed by atoms with Crippen LogP contribution in [-0.4, -0.2) is 51.7 Å². The number of amides is 1. The second-order valence-electron chi connectivity index (χ2n) is 7.31. The highest BCUT2D eigenvalue weighted by Gasteiger charge is 2.50. The van der Waals surface area contributed by atoms with Crippen molar-refractivity contribution in [3.63, 3.8) is 0 Å². The first kappa shape index (κ1) is 20.1. The molecule has 29 heavy (non-hydrogen) atoms. The highest BCUT2D eigenvalue weighted by atomic mass is 35.5. The molecule has 4 rings (SSSR count). The molecule has 2 aliphatic heterocycles. The maximum Gasteiger partial charge on any atom is 0.262 e. The Morgan fingerprint density at radius 2 is 1.83 bits per heavy atom. The summed E-state index contributed by atoms with van der Waals surface area (Å²) < 4.78 is 13.4. The van der Waals surface area contributed by atoms with Crippen LogP contribution < -0.4 is 0 Å². The molecule has 1 saturated heterocycles. The highest BCUT2D eigenvalue weighted by molar-refractivity contribution is 7.82. The number of piperidine rings is 1. The standard InChI is InChI=1S/C22H21ClFN3OS/c1-2-26-13-11-22(12-14-26)25-19(15-7-9-16(24)10-8-15)21(29)27(22)20(28)17-5-3-4-6-18(17)23/h3-10H,2,11-14H2,1H3. The van der Waals surface area contributed by atoms with E-state index in [1.807, 2.05) is 0 Å². The molecule has 1 spiro atoms. The van der Waals surface area contributed by atoms with Gasteiger partial charge in [-0.25, -0.2) is 4.39 Å². The van der Waals surface area contributed by atoms with Gasteiger partial charge in [0.2, 0.25) is 0 Å². The molecule has 2 aromatic carbocycles. The number of carbonyl (C=O) groups excluding carboxylic acids is 1. The Morgan fingerprint density at radius 1 is 1.17 bits per heavy atom. The van der Waals surface area contributed by atoms with Gasteiger partial charge in [0.25, 0.3) is 5.91 Å². The first-order valence-electron chi connectivity index (χ1n) is 9.67. The van der Waals surface area contributed by atoms with Crippen molar-refractivity contribution in [3.8, 4) is 0 Å². The van der Waals surface area contributed by atoms with E-state index in [4.69, 9.17) is 28.8 Å². The van der Waals surface area contributed by atoms with Gasteiger partial charge in [-0.2, -0.15) is 0 Å². The van der Waals surface area contributed by atoms with Gasteiger partial charge in [-0.15, -0.1) is 0 Å². The van der Waals surface area contributed by atoms with Crippen LogP contribution in [0.3, 0.4) is 0 Å². The molecule has 0 aliphatic carbocycles. The van der Waals surface area contributed by atoms with Crippen LogP contribution in [0, 0.1) is 5.82 Å². The summed E-state index contributed by atoms with van der Waals surface area (Å²) in [6, 6.07) is 13.0. The molecule has 0 N–H and O–H groups in total. The van der Waals surface area contributed by atoms with Crippen molar-refractivity contribution >= 4 is 40.4 Å². The summed E-state index contributed by atoms with van der Waals surface area (Å²) in [5, 5.41) is 0.386. The number of rotatable bonds is 3. The Morgan fingerprint density at radius 3 is 2.45 bits per heavy atom. The summed E-state index contributed by atoms with van der Waals surface area (Å²) in [7, 11) is 0. The van der Waals surface area contributed by atoms with Crippen LogP contribution in [0.2, 0.25) is 5.02 Å². The minimum Gasteiger partial charge on any atom is -0.303 e. The average Bonchev–Trinajstić information content (AvgIpc) is 3.01. The molecule has 0 aromatic heterocycles. The van der Waals surface area contributed by atoms with E-state index in [1.54, 1.807) is 41.3 Å². The van der Waals surface area contributed by atoms with Crippen LogP contribution >= 0.6 is 23.8 Å². The number of likely N-dealkylation sites (tertiary alicyclic amines) is 1. The Balaban J connectivity index is 1.77. The van der Waals surface area contributed by atoms with Crippen molar-refractivity contribution in [1.82, 2.24) is 9.80 Å². The van der Waals surface area contributed by atoms with E-state index >= 15 is 0 Å². The van der Waals surface area contributed by atoms with Crippen molar-refractivity contribution in [2.24, 2.45) is 4.99 Å². The predicted octanol–water partition coefficient (Wildman–Crippen LogP) is 4.56. The molecule has 2 heterocycles. The van der Waals surface area contributed by atoms with Crippen LogP contribution in [0.25, 0.3) is 0 Å². The number of nitrogens with zero attached hydrogens (tertiary/aromatic N) is 3. The van der Waals surface area contributed by atoms with Crippen LogP contribution in [0.15, 0.2) is 53.5 Å². The third kappa shape index (κ3) is 3.61. The van der Waals surface area contributed by atoms with Crippen LogP contribution in [0.4, 0.5) is 4.39 Å². The van der Waals surface area contributed by atoms with Gasteiger partial charge in [0.05, 0.1) is 10.6 Å². The third-order valence-corrected chi connectivity index (χ3v) is 6.38. The molecule has 0 unspecified atom stereocenters. The van der Waals surface area contributed by atoms with Gasteiger partial charge in [-0.05, 0) is 42.9 Å². The fourth-order valence-corrected chi connectivity index (χ4v) is 4.63.